The number of rotatable bonds is 5. The van der Waals surface area contributed by atoms with Crippen molar-refractivity contribution in [3.63, 3.8) is 0 Å². The summed E-state index contributed by atoms with van der Waals surface area (Å²) in [5, 5.41) is 11.6. The van der Waals surface area contributed by atoms with Crippen molar-refractivity contribution in [3.8, 4) is 6.07 Å². The van der Waals surface area contributed by atoms with Crippen LogP contribution in [0.4, 0.5) is 5.69 Å². The molecule has 1 fully saturated rings. The van der Waals surface area contributed by atoms with Crippen LogP contribution in [0.1, 0.15) is 5.56 Å². The normalized spacial score (nSPS) is 15.8. The lowest BCUT2D eigenvalue weighted by Crippen LogP contribution is -2.50. The van der Waals surface area contributed by atoms with Gasteiger partial charge in [-0.3, -0.25) is 9.69 Å². The lowest BCUT2D eigenvalue weighted by Gasteiger charge is -2.33. The second-order valence-corrected chi connectivity index (χ2v) is 8.17. The Kier molecular flexibility index (Phi) is 5.86. The molecule has 0 atom stereocenters. The molecule has 7 nitrogen and oxygen atoms in total. The number of hydrogen-bond donors (Lipinski definition) is 1. The van der Waals surface area contributed by atoms with E-state index in [1.807, 2.05) is 11.0 Å². The number of anilines is 1. The molecule has 1 amide bonds. The van der Waals surface area contributed by atoms with Gasteiger partial charge in [-0.15, -0.1) is 0 Å². The predicted molar refractivity (Wildman–Crippen MR) is 101 cm³/mol. The zero-order valence-corrected chi connectivity index (χ0v) is 15.5. The zero-order chi connectivity index (χ0) is 19.3. The summed E-state index contributed by atoms with van der Waals surface area (Å²) in [5.74, 6) is -0.168. The molecule has 1 aliphatic rings. The van der Waals surface area contributed by atoms with Crippen LogP contribution in [0.15, 0.2) is 59.5 Å². The summed E-state index contributed by atoms with van der Waals surface area (Å²) in [5.41, 5.74) is 1.16. The molecule has 0 saturated carbocycles. The molecule has 8 heteroatoms. The summed E-state index contributed by atoms with van der Waals surface area (Å²) in [7, 11) is -3.49. The van der Waals surface area contributed by atoms with E-state index in [1.165, 1.54) is 4.31 Å². The van der Waals surface area contributed by atoms with E-state index in [0.29, 0.717) is 37.4 Å². The minimum absolute atomic E-state index is 0.168. The van der Waals surface area contributed by atoms with Gasteiger partial charge in [0.15, 0.2) is 0 Å². The van der Waals surface area contributed by atoms with Gasteiger partial charge in [-0.1, -0.05) is 18.2 Å². The molecule has 0 unspecified atom stereocenters. The number of benzene rings is 2. The third kappa shape index (κ3) is 4.71. The minimum Gasteiger partial charge on any atom is -0.325 e. The maximum atomic E-state index is 12.6. The Balaban J connectivity index is 1.52. The van der Waals surface area contributed by atoms with Crippen molar-refractivity contribution in [1.29, 1.82) is 5.26 Å². The van der Waals surface area contributed by atoms with Crippen LogP contribution in [0.25, 0.3) is 0 Å². The highest BCUT2D eigenvalue weighted by molar-refractivity contribution is 7.89. The number of amides is 1. The van der Waals surface area contributed by atoms with Gasteiger partial charge in [-0.05, 0) is 36.4 Å². The van der Waals surface area contributed by atoms with Gasteiger partial charge in [-0.25, -0.2) is 8.42 Å². The maximum absolute atomic E-state index is 12.6. The highest BCUT2D eigenvalue weighted by atomic mass is 32.2. The molecule has 0 aromatic heterocycles. The van der Waals surface area contributed by atoms with Crippen molar-refractivity contribution in [1.82, 2.24) is 9.21 Å². The van der Waals surface area contributed by atoms with Crippen molar-refractivity contribution < 1.29 is 13.2 Å². The van der Waals surface area contributed by atoms with Crippen LogP contribution in [-0.4, -0.2) is 56.3 Å². The van der Waals surface area contributed by atoms with Gasteiger partial charge in [0.1, 0.15) is 0 Å². The second kappa shape index (κ2) is 8.31. The van der Waals surface area contributed by atoms with Gasteiger partial charge in [0.25, 0.3) is 0 Å². The molecule has 3 rings (SSSR count). The molecule has 140 valence electrons. The zero-order valence-electron chi connectivity index (χ0n) is 14.7. The average Bonchev–Trinajstić information content (AvgIpc) is 2.69. The van der Waals surface area contributed by atoms with E-state index in [2.05, 4.69) is 5.32 Å². The first-order valence-electron chi connectivity index (χ1n) is 8.56. The SMILES string of the molecule is N#Cc1ccc(NC(=O)CN2CCN(S(=O)(=O)c3ccccc3)CC2)cc1. The molecule has 0 bridgehead atoms. The van der Waals surface area contributed by atoms with Gasteiger partial charge in [-0.2, -0.15) is 9.57 Å². The van der Waals surface area contributed by atoms with Crippen molar-refractivity contribution in [2.45, 2.75) is 4.90 Å². The van der Waals surface area contributed by atoms with Crippen LogP contribution in [0.2, 0.25) is 0 Å². The largest absolute Gasteiger partial charge is 0.325 e. The monoisotopic (exact) mass is 384 g/mol. The maximum Gasteiger partial charge on any atom is 0.243 e. The molecule has 1 heterocycles. The smallest absolute Gasteiger partial charge is 0.243 e. The highest BCUT2D eigenvalue weighted by Crippen LogP contribution is 2.17. The standard InChI is InChI=1S/C19H20N4O3S/c20-14-16-6-8-17(9-7-16)21-19(24)15-22-10-12-23(13-11-22)27(25,26)18-4-2-1-3-5-18/h1-9H,10-13,15H2,(H,21,24). The van der Waals surface area contributed by atoms with Crippen LogP contribution in [-0.2, 0) is 14.8 Å². The fourth-order valence-electron chi connectivity index (χ4n) is 2.90. The predicted octanol–water partition coefficient (Wildman–Crippen LogP) is 1.50. The number of nitrogens with one attached hydrogen (secondary N) is 1. The third-order valence-corrected chi connectivity index (χ3v) is 6.29. The van der Waals surface area contributed by atoms with Crippen LogP contribution in [0.5, 0.6) is 0 Å². The van der Waals surface area contributed by atoms with Gasteiger partial charge >= 0.3 is 0 Å². The van der Waals surface area contributed by atoms with Crippen molar-refractivity contribution in [3.05, 3.63) is 60.2 Å². The first-order valence-corrected chi connectivity index (χ1v) is 10.0. The van der Waals surface area contributed by atoms with E-state index in [-0.39, 0.29) is 17.3 Å². The topological polar surface area (TPSA) is 93.5 Å². The Morgan fingerprint density at radius 1 is 1.00 bits per heavy atom. The average molecular weight is 384 g/mol. The van der Waals surface area contributed by atoms with E-state index >= 15 is 0 Å². The molecule has 1 aliphatic heterocycles. The van der Waals surface area contributed by atoms with Crippen molar-refractivity contribution in [2.75, 3.05) is 38.0 Å². The Hall–Kier alpha value is -2.73. The quantitative estimate of drug-likeness (QED) is 0.843. The molecule has 2 aromatic rings. The van der Waals surface area contributed by atoms with E-state index in [4.69, 9.17) is 5.26 Å². The molecule has 2 aromatic carbocycles. The lowest BCUT2D eigenvalue weighted by atomic mass is 10.2. The Labute approximate surface area is 158 Å². The fraction of sp³-hybridized carbons (Fsp3) is 0.263. The molecule has 0 aliphatic carbocycles. The minimum atomic E-state index is -3.49. The van der Waals surface area contributed by atoms with Gasteiger partial charge < -0.3 is 5.32 Å². The summed E-state index contributed by atoms with van der Waals surface area (Å²) in [6, 6.07) is 17.0. The van der Waals surface area contributed by atoms with Crippen LogP contribution >= 0.6 is 0 Å². The summed E-state index contributed by atoms with van der Waals surface area (Å²) in [6.07, 6.45) is 0. The van der Waals surface area contributed by atoms with Crippen molar-refractivity contribution in [2.24, 2.45) is 0 Å². The van der Waals surface area contributed by atoms with Crippen LogP contribution < -0.4 is 5.32 Å². The fourth-order valence-corrected chi connectivity index (χ4v) is 4.34. The van der Waals surface area contributed by atoms with Crippen LogP contribution in [0, 0.1) is 11.3 Å². The molecule has 1 N–H and O–H groups in total. The van der Waals surface area contributed by atoms with Gasteiger partial charge in [0.2, 0.25) is 15.9 Å². The van der Waals surface area contributed by atoms with E-state index in [9.17, 15) is 13.2 Å². The molecule has 1 saturated heterocycles. The summed E-state index contributed by atoms with van der Waals surface area (Å²) >= 11 is 0. The van der Waals surface area contributed by atoms with Crippen LogP contribution in [0.3, 0.4) is 0 Å². The number of carbonyl (C=O) groups is 1. The Bertz CT molecular complexity index is 929. The van der Waals surface area contributed by atoms with E-state index < -0.39 is 10.0 Å². The van der Waals surface area contributed by atoms with E-state index in [0.717, 1.165) is 0 Å². The number of nitriles is 1. The molecular formula is C19H20N4O3S. The number of carbonyl (C=O) groups excluding carboxylic acids is 1. The highest BCUT2D eigenvalue weighted by Gasteiger charge is 2.28. The molecule has 27 heavy (non-hydrogen) atoms. The number of nitrogens with zero attached hydrogens (tertiary/aromatic N) is 3. The molecule has 0 spiro atoms. The third-order valence-electron chi connectivity index (χ3n) is 4.38. The number of hydrogen-bond acceptors (Lipinski definition) is 5. The van der Waals surface area contributed by atoms with Crippen molar-refractivity contribution >= 4 is 21.6 Å². The van der Waals surface area contributed by atoms with E-state index in [1.54, 1.807) is 54.6 Å². The Morgan fingerprint density at radius 2 is 1.63 bits per heavy atom. The number of sulfonamides is 1. The number of piperazine rings is 1. The lowest BCUT2D eigenvalue weighted by molar-refractivity contribution is -0.117. The first-order chi connectivity index (χ1) is 13.0. The summed E-state index contributed by atoms with van der Waals surface area (Å²) in [6.45, 7) is 1.88. The summed E-state index contributed by atoms with van der Waals surface area (Å²) < 4.78 is 26.7. The van der Waals surface area contributed by atoms with Gasteiger partial charge in [0, 0.05) is 31.9 Å². The Morgan fingerprint density at radius 3 is 2.22 bits per heavy atom. The van der Waals surface area contributed by atoms with Gasteiger partial charge in [0.05, 0.1) is 23.1 Å². The second-order valence-electron chi connectivity index (χ2n) is 6.23. The first kappa shape index (κ1) is 19.0. The molecular weight excluding hydrogens is 364 g/mol. The molecule has 0 radical (unpaired) electrons. The summed E-state index contributed by atoms with van der Waals surface area (Å²) in [4.78, 5) is 14.4.